The number of allylic oxidation sites excluding steroid dienone is 1. The van der Waals surface area contributed by atoms with Crippen molar-refractivity contribution < 1.29 is 54.1 Å². The summed E-state index contributed by atoms with van der Waals surface area (Å²) in [4.78, 5) is 29.5. The van der Waals surface area contributed by atoms with Gasteiger partial charge in [0.15, 0.2) is 11.9 Å². The lowest BCUT2D eigenvalue weighted by atomic mass is 9.63. The van der Waals surface area contributed by atoms with E-state index >= 15 is 0 Å². The molecule has 0 aromatic carbocycles. The first-order valence-corrected chi connectivity index (χ1v) is 16.2. The number of aliphatic hydroxyl groups excluding tert-OH is 3. The fraction of sp³-hybridized carbons (Fsp3) is 0.647. The van der Waals surface area contributed by atoms with Crippen LogP contribution in [-0.2, 0) is 28.5 Å². The standard InChI is InChI=1S/C34H44NO11/c1-17(2)24-14-22-23-10-11-33(42)31(41)34(23,46-25(9-6-12-36)28(22)35-24)26(16-37)44-32(33)45-29-18-7-4-5-8-19(29)20(15-27(38)39)21(13-18)30(40)43-3/h5,8,13-14,17-20,26,29,31-32,36-37,41-42H,4,6-7,9-12,15-16H2,1-3H3,(H,38,39)/q-1/t18-,19+,20-,26+,29+,31+,32-,33+,34+/m0/s1. The van der Waals surface area contributed by atoms with Gasteiger partial charge in [-0.25, -0.2) is 4.79 Å². The number of aliphatic carboxylic acids is 1. The molecule has 0 radical (unpaired) electrons. The van der Waals surface area contributed by atoms with E-state index in [0.717, 1.165) is 10.9 Å². The van der Waals surface area contributed by atoms with Gasteiger partial charge < -0.3 is 49.5 Å². The third-order valence-electron chi connectivity index (χ3n) is 10.5. The van der Waals surface area contributed by atoms with E-state index in [1.54, 1.807) is 6.08 Å². The number of carboxylic acid groups (broad SMARTS) is 1. The lowest BCUT2D eigenvalue weighted by Crippen LogP contribution is -2.78. The van der Waals surface area contributed by atoms with Gasteiger partial charge in [-0.15, -0.1) is 0 Å². The molecule has 9 atom stereocenters. The first-order chi connectivity index (χ1) is 22.0. The third-order valence-corrected chi connectivity index (χ3v) is 10.5. The van der Waals surface area contributed by atoms with E-state index in [9.17, 15) is 35.1 Å². The molecular weight excluding hydrogens is 598 g/mol. The van der Waals surface area contributed by atoms with Crippen LogP contribution < -0.4 is 15.6 Å². The molecule has 1 aromatic rings. The van der Waals surface area contributed by atoms with Crippen molar-refractivity contribution in [3.63, 3.8) is 0 Å². The number of methoxy groups -OCH3 is 1. The second kappa shape index (κ2) is 12.6. The van der Waals surface area contributed by atoms with Gasteiger partial charge in [-0.05, 0) is 48.8 Å². The van der Waals surface area contributed by atoms with E-state index in [4.69, 9.17) is 23.9 Å². The average molecular weight is 643 g/mol. The molecule has 0 unspecified atom stereocenters. The summed E-state index contributed by atoms with van der Waals surface area (Å²) in [6.45, 7) is 3.41. The maximum Gasteiger partial charge on any atom is 0.333 e. The fourth-order valence-electron chi connectivity index (χ4n) is 8.18. The van der Waals surface area contributed by atoms with Crippen LogP contribution in [0.2, 0.25) is 0 Å². The van der Waals surface area contributed by atoms with Gasteiger partial charge in [0.05, 0.1) is 32.0 Å². The molecule has 2 aliphatic heterocycles. The van der Waals surface area contributed by atoms with Gasteiger partial charge >= 0.3 is 11.9 Å². The number of rotatable bonds is 10. The highest BCUT2D eigenvalue weighted by molar-refractivity contribution is 5.90. The molecule has 3 aliphatic carbocycles. The minimum absolute atomic E-state index is 0.0602. The molecular formula is C34H44NO11-. The number of hydrogen-bond acceptors (Lipinski definition) is 10. The summed E-state index contributed by atoms with van der Waals surface area (Å²) in [5, 5.41) is 56.0. The van der Waals surface area contributed by atoms with Gasteiger partial charge in [-0.3, -0.25) is 4.79 Å². The van der Waals surface area contributed by atoms with Crippen LogP contribution in [0.25, 0.3) is 11.3 Å². The van der Waals surface area contributed by atoms with E-state index in [1.165, 1.54) is 7.11 Å². The Morgan fingerprint density at radius 2 is 2.02 bits per heavy atom. The highest BCUT2D eigenvalue weighted by Gasteiger charge is 2.70. The number of nitrogens with zero attached hydrogens (tertiary/aromatic N) is 1. The number of ether oxygens (including phenoxy) is 4. The van der Waals surface area contributed by atoms with Crippen molar-refractivity contribution in [2.24, 2.45) is 17.8 Å². The second-order valence-electron chi connectivity index (χ2n) is 13.4. The molecule has 6 rings (SSSR count). The molecule has 1 aromatic heterocycles. The lowest BCUT2D eigenvalue weighted by Gasteiger charge is -2.61. The van der Waals surface area contributed by atoms with Crippen LogP contribution in [0.3, 0.4) is 0 Å². The molecule has 2 fully saturated rings. The number of carbonyl (C=O) groups excluding carboxylic acids is 1. The van der Waals surface area contributed by atoms with Crippen LogP contribution in [0.15, 0.2) is 29.9 Å². The smallest absolute Gasteiger partial charge is 0.333 e. The van der Waals surface area contributed by atoms with Crippen molar-refractivity contribution in [2.75, 3.05) is 20.3 Å². The van der Waals surface area contributed by atoms with Crippen molar-refractivity contribution >= 4 is 23.3 Å². The van der Waals surface area contributed by atoms with Crippen LogP contribution in [0.4, 0.5) is 0 Å². The molecule has 12 heteroatoms. The van der Waals surface area contributed by atoms with E-state index < -0.39 is 66.2 Å². The molecule has 1 saturated heterocycles. The highest BCUT2D eigenvalue weighted by atomic mass is 16.7. The molecule has 1 spiro atoms. The van der Waals surface area contributed by atoms with Gasteiger partial charge in [0.25, 0.3) is 0 Å². The van der Waals surface area contributed by atoms with Crippen LogP contribution in [0, 0.1) is 17.8 Å². The van der Waals surface area contributed by atoms with Crippen molar-refractivity contribution in [3.8, 4) is 0 Å². The first-order valence-electron chi connectivity index (χ1n) is 16.2. The SMILES string of the molecule is COC(=O)C1=C[C@@H]2CCC=C[C@@H]([C@@H]2O[C@@H]2O[C@H](CO)[C@]34OC(CCCO)=c5[n-]c(C(C)C)cc5=C3CC[C@@]2(O)[C@H]4O)[C@@H]1CC(=O)O. The molecule has 4 bridgehead atoms. The van der Waals surface area contributed by atoms with E-state index in [1.807, 2.05) is 32.1 Å². The molecule has 12 nitrogen and oxygen atoms in total. The zero-order chi connectivity index (χ0) is 33.0. The molecule has 1 saturated carbocycles. The Morgan fingerprint density at radius 3 is 2.70 bits per heavy atom. The Kier molecular flexibility index (Phi) is 8.98. The predicted octanol–water partition coefficient (Wildman–Crippen LogP) is 0.342. The number of fused-ring (bicyclic) bond motifs is 4. The Morgan fingerprint density at radius 1 is 1.24 bits per heavy atom. The van der Waals surface area contributed by atoms with Crippen LogP contribution >= 0.6 is 0 Å². The van der Waals surface area contributed by atoms with Crippen LogP contribution in [0.5, 0.6) is 0 Å². The van der Waals surface area contributed by atoms with E-state index in [-0.39, 0.29) is 36.9 Å². The maximum absolute atomic E-state index is 12.8. The van der Waals surface area contributed by atoms with Crippen molar-refractivity contribution in [1.82, 2.24) is 4.98 Å². The number of aromatic nitrogens is 1. The van der Waals surface area contributed by atoms with E-state index in [0.29, 0.717) is 48.8 Å². The normalized spacial score (nSPS) is 36.3. The predicted molar refractivity (Wildman–Crippen MR) is 162 cm³/mol. The van der Waals surface area contributed by atoms with Gasteiger partial charge in [-0.1, -0.05) is 43.5 Å². The largest absolute Gasteiger partial charge is 0.658 e. The quantitative estimate of drug-likeness (QED) is 0.174. The highest BCUT2D eigenvalue weighted by Crippen LogP contribution is 2.54. The average Bonchev–Trinajstić information content (AvgIpc) is 3.42. The number of hydrogen-bond donors (Lipinski definition) is 5. The van der Waals surface area contributed by atoms with Crippen molar-refractivity contribution in [3.05, 3.63) is 46.1 Å². The monoisotopic (exact) mass is 642 g/mol. The number of carboxylic acids is 1. The second-order valence-corrected chi connectivity index (χ2v) is 13.4. The topological polar surface area (TPSA) is 186 Å². The van der Waals surface area contributed by atoms with Crippen LogP contribution in [-0.4, -0.2) is 93.6 Å². The van der Waals surface area contributed by atoms with Crippen LogP contribution in [0.1, 0.15) is 70.4 Å². The molecule has 252 valence electrons. The van der Waals surface area contributed by atoms with E-state index in [2.05, 4.69) is 0 Å². The Bertz CT molecular complexity index is 1540. The molecule has 5 N–H and O–H groups in total. The number of aliphatic hydroxyl groups is 4. The lowest BCUT2D eigenvalue weighted by molar-refractivity contribution is -0.375. The summed E-state index contributed by atoms with van der Waals surface area (Å²) in [6.07, 6.45) is 2.70. The summed E-state index contributed by atoms with van der Waals surface area (Å²) in [5.41, 5.74) is -1.79. The number of esters is 1. The Balaban J connectivity index is 1.40. The Hall–Kier alpha value is -3.00. The summed E-state index contributed by atoms with van der Waals surface area (Å²) in [5.74, 6) is -2.76. The minimum atomic E-state index is -1.96. The summed E-state index contributed by atoms with van der Waals surface area (Å²) in [6, 6.07) is 1.97. The van der Waals surface area contributed by atoms with Gasteiger partial charge in [0.1, 0.15) is 17.8 Å². The summed E-state index contributed by atoms with van der Waals surface area (Å²) in [7, 11) is 1.26. The van der Waals surface area contributed by atoms with Gasteiger partial charge in [0.2, 0.25) is 0 Å². The first kappa shape index (κ1) is 32.9. The van der Waals surface area contributed by atoms with Crippen molar-refractivity contribution in [1.29, 1.82) is 0 Å². The zero-order valence-corrected chi connectivity index (χ0v) is 26.4. The van der Waals surface area contributed by atoms with Gasteiger partial charge in [-0.2, -0.15) is 5.69 Å². The summed E-state index contributed by atoms with van der Waals surface area (Å²) < 4.78 is 24.6. The molecule has 3 heterocycles. The third kappa shape index (κ3) is 5.14. The molecule has 46 heavy (non-hydrogen) atoms. The molecule has 5 aliphatic rings. The minimum Gasteiger partial charge on any atom is -0.658 e. The zero-order valence-electron chi connectivity index (χ0n) is 26.4. The fourth-order valence-corrected chi connectivity index (χ4v) is 8.18. The maximum atomic E-state index is 12.8. The molecule has 0 amide bonds. The number of carbonyl (C=O) groups is 2. The van der Waals surface area contributed by atoms with Crippen molar-refractivity contribution in [2.45, 2.75) is 101 Å². The van der Waals surface area contributed by atoms with Gasteiger partial charge in [0, 0.05) is 36.4 Å². The Labute approximate surface area is 267 Å². The summed E-state index contributed by atoms with van der Waals surface area (Å²) >= 11 is 0.